The number of nitrogens with one attached hydrogen (secondary N) is 1. The average molecular weight is 430 g/mol. The van der Waals surface area contributed by atoms with E-state index in [1.807, 2.05) is 0 Å². The summed E-state index contributed by atoms with van der Waals surface area (Å²) in [4.78, 5) is 24.7. The minimum atomic E-state index is -1.16. The summed E-state index contributed by atoms with van der Waals surface area (Å²) in [5, 5.41) is 17.6. The predicted octanol–water partition coefficient (Wildman–Crippen LogP) is 4.22. The fourth-order valence-electron chi connectivity index (χ4n) is 3.60. The zero-order chi connectivity index (χ0) is 20.5. The van der Waals surface area contributed by atoms with Gasteiger partial charge in [-0.3, -0.25) is 4.79 Å². The molecule has 2 N–H and O–H groups in total. The lowest BCUT2D eigenvalue weighted by Crippen LogP contribution is -2.34. The first-order valence-corrected chi connectivity index (χ1v) is 9.86. The minimum Gasteiger partial charge on any atom is -0.479 e. The molecule has 148 valence electrons. The highest BCUT2D eigenvalue weighted by Gasteiger charge is 2.30. The van der Waals surface area contributed by atoms with Gasteiger partial charge in [0, 0.05) is 16.3 Å². The molecule has 1 unspecified atom stereocenters. The van der Waals surface area contributed by atoms with Crippen molar-refractivity contribution < 1.29 is 14.7 Å². The Morgan fingerprint density at radius 2 is 1.86 bits per heavy atom. The first kappa shape index (κ1) is 19.5. The molecule has 0 fully saturated rings. The number of benzene rings is 2. The van der Waals surface area contributed by atoms with Crippen LogP contribution in [0.3, 0.4) is 0 Å². The van der Waals surface area contributed by atoms with Crippen molar-refractivity contribution in [3.8, 4) is 5.69 Å². The van der Waals surface area contributed by atoms with E-state index in [4.69, 9.17) is 23.2 Å². The second-order valence-electron chi connectivity index (χ2n) is 6.79. The molecule has 6 nitrogen and oxygen atoms in total. The Labute approximate surface area is 177 Å². The number of aliphatic carboxylic acids is 1. The molecule has 0 radical (unpaired) electrons. The van der Waals surface area contributed by atoms with Crippen molar-refractivity contribution in [2.45, 2.75) is 25.3 Å². The molecule has 0 aliphatic heterocycles. The summed E-state index contributed by atoms with van der Waals surface area (Å²) < 4.78 is 1.66. The molecule has 4 rings (SSSR count). The van der Waals surface area contributed by atoms with Gasteiger partial charge in [0.2, 0.25) is 0 Å². The second kappa shape index (κ2) is 7.89. The summed E-state index contributed by atoms with van der Waals surface area (Å²) in [6.07, 6.45) is 2.35. The average Bonchev–Trinajstić information content (AvgIpc) is 3.29. The number of halogens is 2. The molecule has 0 spiro atoms. The second-order valence-corrected chi connectivity index (χ2v) is 7.63. The Morgan fingerprint density at radius 3 is 2.55 bits per heavy atom. The summed E-state index contributed by atoms with van der Waals surface area (Å²) in [5.41, 5.74) is 3.08. The molecule has 0 saturated carbocycles. The van der Waals surface area contributed by atoms with E-state index in [-0.39, 0.29) is 5.69 Å². The Hall–Kier alpha value is -2.83. The van der Waals surface area contributed by atoms with Crippen LogP contribution in [0.5, 0.6) is 0 Å². The van der Waals surface area contributed by atoms with Gasteiger partial charge >= 0.3 is 5.97 Å². The van der Waals surface area contributed by atoms with E-state index in [0.29, 0.717) is 27.7 Å². The third kappa shape index (κ3) is 3.73. The highest BCUT2D eigenvalue weighted by molar-refractivity contribution is 6.35. The predicted molar refractivity (Wildman–Crippen MR) is 110 cm³/mol. The van der Waals surface area contributed by atoms with E-state index >= 15 is 0 Å². The Bertz CT molecular complexity index is 1100. The number of carboxylic acid groups (broad SMARTS) is 1. The van der Waals surface area contributed by atoms with Gasteiger partial charge in [-0.1, -0.05) is 53.5 Å². The molecule has 0 saturated heterocycles. The summed E-state index contributed by atoms with van der Waals surface area (Å²) in [6.45, 7) is 0. The molecule has 29 heavy (non-hydrogen) atoms. The molecule has 1 aliphatic carbocycles. The van der Waals surface area contributed by atoms with E-state index in [0.717, 1.165) is 24.1 Å². The first-order chi connectivity index (χ1) is 14.0. The number of carbonyl (C=O) groups excluding carboxylic acids is 1. The highest BCUT2D eigenvalue weighted by atomic mass is 35.5. The lowest BCUT2D eigenvalue weighted by atomic mass is 10.1. The molecular formula is C21H17Cl2N3O3. The molecule has 8 heteroatoms. The van der Waals surface area contributed by atoms with E-state index in [9.17, 15) is 14.7 Å². The SMILES string of the molecule is O=C(NC(C(=O)O)c1ccccc1)c1nn(-c2ccc(Cl)cc2Cl)c2c1CCC2. The standard InChI is InChI=1S/C21H17Cl2N3O3/c22-13-9-10-17(15(23)11-13)26-16-8-4-7-14(16)19(25-26)20(27)24-18(21(28)29)12-5-2-1-3-6-12/h1-3,5-6,9-11,18H,4,7-8H2,(H,24,27)(H,28,29). The minimum absolute atomic E-state index is 0.227. The molecule has 2 aromatic carbocycles. The maximum absolute atomic E-state index is 13.0. The number of hydrogen-bond donors (Lipinski definition) is 2. The highest BCUT2D eigenvalue weighted by Crippen LogP contribution is 2.32. The summed E-state index contributed by atoms with van der Waals surface area (Å²) in [6, 6.07) is 12.5. The van der Waals surface area contributed by atoms with Crippen molar-refractivity contribution in [2.24, 2.45) is 0 Å². The topological polar surface area (TPSA) is 84.2 Å². The van der Waals surface area contributed by atoms with Crippen LogP contribution in [0, 0.1) is 0 Å². The summed E-state index contributed by atoms with van der Waals surface area (Å²) >= 11 is 12.3. The number of rotatable bonds is 5. The van der Waals surface area contributed by atoms with Crippen molar-refractivity contribution in [2.75, 3.05) is 0 Å². The third-order valence-electron chi connectivity index (χ3n) is 4.94. The van der Waals surface area contributed by atoms with Crippen molar-refractivity contribution in [1.29, 1.82) is 0 Å². The molecular weight excluding hydrogens is 413 g/mol. The van der Waals surface area contributed by atoms with Crippen molar-refractivity contribution in [1.82, 2.24) is 15.1 Å². The van der Waals surface area contributed by atoms with Crippen LogP contribution in [0.15, 0.2) is 48.5 Å². The number of carboxylic acids is 1. The van der Waals surface area contributed by atoms with Crippen LogP contribution in [-0.4, -0.2) is 26.8 Å². The van der Waals surface area contributed by atoms with Gasteiger partial charge in [0.25, 0.3) is 5.91 Å². The summed E-state index contributed by atoms with van der Waals surface area (Å²) in [5.74, 6) is -1.66. The normalized spacial score (nSPS) is 13.7. The molecule has 1 heterocycles. The Kier molecular flexibility index (Phi) is 5.30. The van der Waals surface area contributed by atoms with E-state index in [1.165, 1.54) is 0 Å². The monoisotopic (exact) mass is 429 g/mol. The zero-order valence-electron chi connectivity index (χ0n) is 15.2. The fraction of sp³-hybridized carbons (Fsp3) is 0.190. The van der Waals surface area contributed by atoms with E-state index in [2.05, 4.69) is 10.4 Å². The summed E-state index contributed by atoms with van der Waals surface area (Å²) in [7, 11) is 0. The lowest BCUT2D eigenvalue weighted by Gasteiger charge is -2.14. The number of carbonyl (C=O) groups is 2. The van der Waals surface area contributed by atoms with Gasteiger partial charge in [0.15, 0.2) is 11.7 Å². The van der Waals surface area contributed by atoms with E-state index < -0.39 is 17.9 Å². The van der Waals surface area contributed by atoms with E-state index in [1.54, 1.807) is 53.2 Å². The maximum atomic E-state index is 13.0. The number of nitrogens with zero attached hydrogens (tertiary/aromatic N) is 2. The number of fused-ring (bicyclic) bond motifs is 1. The van der Waals surface area contributed by atoms with Crippen molar-refractivity contribution >= 4 is 35.1 Å². The smallest absolute Gasteiger partial charge is 0.330 e. The Morgan fingerprint density at radius 1 is 1.10 bits per heavy atom. The van der Waals surface area contributed by atoms with Crippen LogP contribution >= 0.6 is 23.2 Å². The van der Waals surface area contributed by atoms with Crippen LogP contribution in [0.25, 0.3) is 5.69 Å². The van der Waals surface area contributed by atoms with Crippen LogP contribution in [0.4, 0.5) is 0 Å². The number of hydrogen-bond acceptors (Lipinski definition) is 3. The van der Waals surface area contributed by atoms with Crippen molar-refractivity contribution in [3.05, 3.63) is 81.1 Å². The first-order valence-electron chi connectivity index (χ1n) is 9.10. The number of amides is 1. The molecule has 1 atom stereocenters. The molecule has 3 aromatic rings. The van der Waals surface area contributed by atoms with Gasteiger partial charge in [-0.05, 0) is 43.0 Å². The van der Waals surface area contributed by atoms with Crippen LogP contribution < -0.4 is 5.32 Å². The quantitative estimate of drug-likeness (QED) is 0.635. The fourth-order valence-corrected chi connectivity index (χ4v) is 4.09. The molecule has 1 aromatic heterocycles. The van der Waals surface area contributed by atoms with Crippen LogP contribution in [0.1, 0.15) is 39.8 Å². The van der Waals surface area contributed by atoms with Crippen molar-refractivity contribution in [3.63, 3.8) is 0 Å². The Balaban J connectivity index is 1.70. The molecule has 1 amide bonds. The lowest BCUT2D eigenvalue weighted by molar-refractivity contribution is -0.139. The van der Waals surface area contributed by atoms with Gasteiger partial charge < -0.3 is 10.4 Å². The van der Waals surface area contributed by atoms with Gasteiger partial charge in [0.1, 0.15) is 0 Å². The number of aromatic nitrogens is 2. The van der Waals surface area contributed by atoms with Gasteiger partial charge in [-0.25, -0.2) is 9.48 Å². The largest absolute Gasteiger partial charge is 0.479 e. The van der Waals surface area contributed by atoms with Gasteiger partial charge in [-0.15, -0.1) is 0 Å². The van der Waals surface area contributed by atoms with Gasteiger partial charge in [0.05, 0.1) is 10.7 Å². The third-order valence-corrected chi connectivity index (χ3v) is 5.48. The molecule has 1 aliphatic rings. The van der Waals surface area contributed by atoms with Gasteiger partial charge in [-0.2, -0.15) is 5.10 Å². The van der Waals surface area contributed by atoms with Crippen LogP contribution in [0.2, 0.25) is 10.0 Å². The molecule has 0 bridgehead atoms. The maximum Gasteiger partial charge on any atom is 0.330 e. The van der Waals surface area contributed by atoms with Crippen LogP contribution in [-0.2, 0) is 17.6 Å². The zero-order valence-corrected chi connectivity index (χ0v) is 16.7.